The minimum absolute atomic E-state index is 0.0523. The summed E-state index contributed by atoms with van der Waals surface area (Å²) >= 11 is 1.41. The first kappa shape index (κ1) is 18.3. The van der Waals surface area contributed by atoms with Crippen molar-refractivity contribution in [1.29, 1.82) is 0 Å². The second-order valence-corrected chi connectivity index (χ2v) is 7.74. The Morgan fingerprint density at radius 3 is 2.07 bits per heavy atom. The molecular weight excluding hydrogens is 364 g/mol. The van der Waals surface area contributed by atoms with Crippen molar-refractivity contribution in [3.63, 3.8) is 0 Å². The molecule has 1 amide bonds. The first-order valence-corrected chi connectivity index (χ1v) is 9.93. The highest BCUT2D eigenvalue weighted by Crippen LogP contribution is 2.37. The number of nitrogens with zero attached hydrogens (tertiary/aromatic N) is 2. The van der Waals surface area contributed by atoms with E-state index in [1.165, 1.54) is 17.3 Å². The van der Waals surface area contributed by atoms with E-state index in [1.807, 2.05) is 98.8 Å². The van der Waals surface area contributed by atoms with Gasteiger partial charge >= 0.3 is 0 Å². The van der Waals surface area contributed by atoms with E-state index in [0.29, 0.717) is 10.1 Å². The molecule has 3 aromatic carbocycles. The number of carbonyl (C=O) groups excluding carboxylic acids is 1. The van der Waals surface area contributed by atoms with Gasteiger partial charge in [-0.2, -0.15) is 0 Å². The van der Waals surface area contributed by atoms with Gasteiger partial charge in [-0.3, -0.25) is 9.69 Å². The maximum Gasteiger partial charge on any atom is 0.271 e. The minimum atomic E-state index is -0.0523. The molecule has 0 spiro atoms. The summed E-state index contributed by atoms with van der Waals surface area (Å²) in [6.07, 6.45) is 1.92. The fourth-order valence-electron chi connectivity index (χ4n) is 2.90. The smallest absolute Gasteiger partial charge is 0.268 e. The second-order valence-electron chi connectivity index (χ2n) is 6.73. The van der Waals surface area contributed by atoms with Gasteiger partial charge in [-0.15, -0.1) is 0 Å². The first-order chi connectivity index (χ1) is 13.6. The van der Waals surface area contributed by atoms with Gasteiger partial charge in [-0.25, -0.2) is 4.99 Å². The summed E-state index contributed by atoms with van der Waals surface area (Å²) in [6, 6.07) is 25.8. The first-order valence-electron chi connectivity index (χ1n) is 9.11. The van der Waals surface area contributed by atoms with Crippen LogP contribution < -0.4 is 4.90 Å². The highest BCUT2D eigenvalue weighted by Gasteiger charge is 2.34. The molecule has 138 valence electrons. The van der Waals surface area contributed by atoms with Crippen molar-refractivity contribution in [3.05, 3.63) is 100 Å². The van der Waals surface area contributed by atoms with Crippen LogP contribution in [0.4, 0.5) is 11.4 Å². The third kappa shape index (κ3) is 3.92. The van der Waals surface area contributed by atoms with Crippen LogP contribution >= 0.6 is 11.8 Å². The zero-order valence-electron chi connectivity index (χ0n) is 15.8. The van der Waals surface area contributed by atoms with Crippen LogP contribution in [0, 0.1) is 13.8 Å². The van der Waals surface area contributed by atoms with E-state index >= 15 is 0 Å². The Kier molecular flexibility index (Phi) is 5.13. The maximum absolute atomic E-state index is 13.2. The SMILES string of the molecule is Cc1ccc(N=C2S/C(=C/c3ccccc3)C(=O)N2c2ccc(C)cc2)cc1. The van der Waals surface area contributed by atoms with Crippen LogP contribution in [0.25, 0.3) is 6.08 Å². The van der Waals surface area contributed by atoms with Gasteiger partial charge in [0.1, 0.15) is 0 Å². The fourth-order valence-corrected chi connectivity index (χ4v) is 3.90. The number of hydrogen-bond acceptors (Lipinski definition) is 3. The Morgan fingerprint density at radius 2 is 1.43 bits per heavy atom. The van der Waals surface area contributed by atoms with Crippen molar-refractivity contribution >= 4 is 40.3 Å². The zero-order chi connectivity index (χ0) is 19.5. The molecule has 1 saturated heterocycles. The Hall–Kier alpha value is -3.11. The van der Waals surface area contributed by atoms with E-state index in [2.05, 4.69) is 0 Å². The largest absolute Gasteiger partial charge is 0.271 e. The molecule has 1 aliphatic heterocycles. The van der Waals surface area contributed by atoms with Crippen molar-refractivity contribution in [2.45, 2.75) is 13.8 Å². The lowest BCUT2D eigenvalue weighted by Gasteiger charge is -2.16. The third-order valence-corrected chi connectivity index (χ3v) is 5.42. The summed E-state index contributed by atoms with van der Waals surface area (Å²) in [6.45, 7) is 4.08. The van der Waals surface area contributed by atoms with Crippen LogP contribution in [0.3, 0.4) is 0 Å². The molecule has 0 saturated carbocycles. The molecule has 0 atom stereocenters. The topological polar surface area (TPSA) is 32.7 Å². The average Bonchev–Trinajstić information content (AvgIpc) is 3.00. The summed E-state index contributed by atoms with van der Waals surface area (Å²) in [4.78, 5) is 20.3. The lowest BCUT2D eigenvalue weighted by molar-refractivity contribution is -0.113. The summed E-state index contributed by atoms with van der Waals surface area (Å²) < 4.78 is 0. The number of thioether (sulfide) groups is 1. The lowest BCUT2D eigenvalue weighted by Crippen LogP contribution is -2.28. The van der Waals surface area contributed by atoms with Gasteiger partial charge in [0, 0.05) is 0 Å². The van der Waals surface area contributed by atoms with Crippen LogP contribution in [0.2, 0.25) is 0 Å². The number of anilines is 1. The highest BCUT2D eigenvalue weighted by atomic mass is 32.2. The third-order valence-electron chi connectivity index (χ3n) is 4.45. The van der Waals surface area contributed by atoms with Gasteiger partial charge in [0.25, 0.3) is 5.91 Å². The van der Waals surface area contributed by atoms with E-state index in [0.717, 1.165) is 22.5 Å². The number of aryl methyl sites for hydroxylation is 2. The van der Waals surface area contributed by atoms with Crippen LogP contribution in [0.15, 0.2) is 88.8 Å². The zero-order valence-corrected chi connectivity index (χ0v) is 16.6. The van der Waals surface area contributed by atoms with Crippen molar-refractivity contribution in [3.8, 4) is 0 Å². The van der Waals surface area contributed by atoms with Crippen LogP contribution in [0.5, 0.6) is 0 Å². The molecule has 0 aromatic heterocycles. The molecule has 0 bridgehead atoms. The van der Waals surface area contributed by atoms with E-state index in [4.69, 9.17) is 4.99 Å². The molecule has 1 fully saturated rings. The molecule has 1 aliphatic rings. The Morgan fingerprint density at radius 1 is 0.821 bits per heavy atom. The van der Waals surface area contributed by atoms with Crippen molar-refractivity contribution in [2.75, 3.05) is 4.90 Å². The van der Waals surface area contributed by atoms with Crippen molar-refractivity contribution in [2.24, 2.45) is 4.99 Å². The number of hydrogen-bond donors (Lipinski definition) is 0. The van der Waals surface area contributed by atoms with E-state index < -0.39 is 0 Å². The Balaban J connectivity index is 1.77. The summed E-state index contributed by atoms with van der Waals surface area (Å²) in [5.74, 6) is -0.0523. The second kappa shape index (κ2) is 7.87. The molecule has 0 unspecified atom stereocenters. The standard InChI is InChI=1S/C24H20N2OS/c1-17-8-12-20(13-9-17)25-24-26(21-14-10-18(2)11-15-21)23(27)22(28-24)16-19-6-4-3-5-7-19/h3-16H,1-2H3/b22-16+,25-24?. The van der Waals surface area contributed by atoms with Crippen molar-refractivity contribution in [1.82, 2.24) is 0 Å². The van der Waals surface area contributed by atoms with Gasteiger partial charge in [0.2, 0.25) is 0 Å². The number of rotatable bonds is 3. The molecule has 3 aromatic rings. The lowest BCUT2D eigenvalue weighted by atomic mass is 10.2. The molecule has 28 heavy (non-hydrogen) atoms. The number of amides is 1. The highest BCUT2D eigenvalue weighted by molar-refractivity contribution is 8.19. The molecule has 3 nitrogen and oxygen atoms in total. The minimum Gasteiger partial charge on any atom is -0.268 e. The monoisotopic (exact) mass is 384 g/mol. The van der Waals surface area contributed by atoms with Crippen LogP contribution in [0.1, 0.15) is 16.7 Å². The molecule has 0 radical (unpaired) electrons. The summed E-state index contributed by atoms with van der Waals surface area (Å²) in [5, 5.41) is 0.667. The number of amidine groups is 1. The van der Waals surface area contributed by atoms with Crippen molar-refractivity contribution < 1.29 is 4.79 Å². The predicted molar refractivity (Wildman–Crippen MR) is 119 cm³/mol. The van der Waals surface area contributed by atoms with E-state index in [-0.39, 0.29) is 5.91 Å². The normalized spacial score (nSPS) is 16.9. The number of benzene rings is 3. The summed E-state index contributed by atoms with van der Waals surface area (Å²) in [7, 11) is 0. The van der Waals surface area contributed by atoms with E-state index in [9.17, 15) is 4.79 Å². The molecule has 0 aliphatic carbocycles. The molecule has 1 heterocycles. The average molecular weight is 385 g/mol. The van der Waals surface area contributed by atoms with Gasteiger partial charge in [0.15, 0.2) is 5.17 Å². The van der Waals surface area contributed by atoms with Gasteiger partial charge in [-0.05, 0) is 61.5 Å². The van der Waals surface area contributed by atoms with E-state index in [1.54, 1.807) is 4.90 Å². The summed E-state index contributed by atoms with van der Waals surface area (Å²) in [5.41, 5.74) is 4.99. The molecular formula is C24H20N2OS. The molecule has 4 heteroatoms. The molecule has 4 rings (SSSR count). The van der Waals surface area contributed by atoms with Gasteiger partial charge in [-0.1, -0.05) is 65.7 Å². The number of carbonyl (C=O) groups is 1. The molecule has 0 N–H and O–H groups in total. The fraction of sp³-hybridized carbons (Fsp3) is 0.0833. The predicted octanol–water partition coefficient (Wildman–Crippen LogP) is 6.11. The quantitative estimate of drug-likeness (QED) is 0.510. The van der Waals surface area contributed by atoms with Crippen LogP contribution in [-0.2, 0) is 4.79 Å². The maximum atomic E-state index is 13.2. The van der Waals surface area contributed by atoms with Gasteiger partial charge < -0.3 is 0 Å². The Labute approximate surface area is 169 Å². The van der Waals surface area contributed by atoms with Crippen LogP contribution in [-0.4, -0.2) is 11.1 Å². The Bertz CT molecular complexity index is 1050. The number of aliphatic imine (C=N–C) groups is 1. The van der Waals surface area contributed by atoms with Gasteiger partial charge in [0.05, 0.1) is 16.3 Å².